The van der Waals surface area contributed by atoms with Crippen molar-refractivity contribution in [2.24, 2.45) is 0 Å². The van der Waals surface area contributed by atoms with Gasteiger partial charge in [-0.15, -0.1) is 0 Å². The van der Waals surface area contributed by atoms with E-state index < -0.39 is 4.92 Å². The molecule has 1 fully saturated rings. The number of amides is 1. The summed E-state index contributed by atoms with van der Waals surface area (Å²) in [6.07, 6.45) is 7.59. The average molecular weight is 288 g/mol. The van der Waals surface area contributed by atoms with E-state index in [0.29, 0.717) is 6.04 Å². The van der Waals surface area contributed by atoms with Crippen LogP contribution in [0.1, 0.15) is 38.2 Å². The summed E-state index contributed by atoms with van der Waals surface area (Å²) in [5.41, 5.74) is 0.847. The van der Waals surface area contributed by atoms with Gasteiger partial charge in [0.2, 0.25) is 5.91 Å². The first-order chi connectivity index (χ1) is 10.1. The molecule has 0 N–H and O–H groups in total. The molecule has 1 unspecified atom stereocenters. The Balaban J connectivity index is 2.02. The van der Waals surface area contributed by atoms with Gasteiger partial charge in [0, 0.05) is 30.8 Å². The van der Waals surface area contributed by atoms with Crippen molar-refractivity contribution in [3.05, 3.63) is 46.0 Å². The van der Waals surface area contributed by atoms with Crippen molar-refractivity contribution in [2.45, 2.75) is 38.6 Å². The van der Waals surface area contributed by atoms with Gasteiger partial charge in [-0.3, -0.25) is 14.9 Å². The predicted octanol–water partition coefficient (Wildman–Crippen LogP) is 3.40. The van der Waals surface area contributed by atoms with Gasteiger partial charge < -0.3 is 4.90 Å². The normalized spacial score (nSPS) is 18.9. The number of non-ortho nitro benzene ring substituents is 1. The van der Waals surface area contributed by atoms with Crippen LogP contribution in [-0.4, -0.2) is 28.3 Å². The second-order valence-corrected chi connectivity index (χ2v) is 5.27. The Morgan fingerprint density at radius 2 is 2.10 bits per heavy atom. The molecule has 1 heterocycles. The van der Waals surface area contributed by atoms with Gasteiger partial charge >= 0.3 is 0 Å². The van der Waals surface area contributed by atoms with Crippen molar-refractivity contribution in [3.63, 3.8) is 0 Å². The van der Waals surface area contributed by atoms with Crippen LogP contribution in [-0.2, 0) is 4.79 Å². The molecule has 5 nitrogen and oxygen atoms in total. The molecule has 1 aliphatic rings. The molecule has 0 saturated carbocycles. The third-order valence-electron chi connectivity index (χ3n) is 3.90. The molecule has 0 aliphatic carbocycles. The number of hydrogen-bond donors (Lipinski definition) is 0. The van der Waals surface area contributed by atoms with Crippen LogP contribution in [0.4, 0.5) is 5.69 Å². The van der Waals surface area contributed by atoms with Gasteiger partial charge in [0.25, 0.3) is 5.69 Å². The lowest BCUT2D eigenvalue weighted by atomic mass is 10.00. The van der Waals surface area contributed by atoms with E-state index in [-0.39, 0.29) is 11.6 Å². The molecule has 1 atom stereocenters. The Hall–Kier alpha value is -2.17. The number of likely N-dealkylation sites (tertiary alicyclic amines) is 1. The quantitative estimate of drug-likeness (QED) is 0.484. The maximum atomic E-state index is 12.2. The van der Waals surface area contributed by atoms with E-state index in [1.807, 2.05) is 4.90 Å². The molecule has 1 aliphatic heterocycles. The lowest BCUT2D eigenvalue weighted by Gasteiger charge is -2.34. The highest BCUT2D eigenvalue weighted by atomic mass is 16.6. The van der Waals surface area contributed by atoms with Crippen LogP contribution in [0.3, 0.4) is 0 Å². The average Bonchev–Trinajstić information content (AvgIpc) is 2.52. The Morgan fingerprint density at radius 3 is 2.71 bits per heavy atom. The fraction of sp³-hybridized carbons (Fsp3) is 0.438. The Kier molecular flexibility index (Phi) is 5.09. The van der Waals surface area contributed by atoms with Gasteiger partial charge in [0.15, 0.2) is 0 Å². The summed E-state index contributed by atoms with van der Waals surface area (Å²) in [5.74, 6) is 0.0277. The summed E-state index contributed by atoms with van der Waals surface area (Å²) in [5, 5.41) is 10.6. The molecular weight excluding hydrogens is 268 g/mol. The van der Waals surface area contributed by atoms with E-state index in [2.05, 4.69) is 6.92 Å². The lowest BCUT2D eigenvalue weighted by molar-refractivity contribution is -0.384. The minimum absolute atomic E-state index is 0.0277. The van der Waals surface area contributed by atoms with Crippen LogP contribution >= 0.6 is 0 Å². The van der Waals surface area contributed by atoms with Crippen molar-refractivity contribution in [1.82, 2.24) is 4.90 Å². The summed E-state index contributed by atoms with van der Waals surface area (Å²) in [7, 11) is 0. The standard InChI is InChI=1S/C16H20N2O3/c1-2-14-5-3-4-12-17(14)16(19)11-8-13-6-9-15(10-7-13)18(20)21/h6-11,14H,2-5,12H2,1H3/b11-8+. The smallest absolute Gasteiger partial charge is 0.269 e. The molecule has 5 heteroatoms. The first-order valence-corrected chi connectivity index (χ1v) is 7.35. The maximum absolute atomic E-state index is 12.2. The fourth-order valence-electron chi connectivity index (χ4n) is 2.69. The van der Waals surface area contributed by atoms with Gasteiger partial charge in [-0.2, -0.15) is 0 Å². The van der Waals surface area contributed by atoms with Gasteiger partial charge in [-0.05, 0) is 49.5 Å². The van der Waals surface area contributed by atoms with E-state index >= 15 is 0 Å². The van der Waals surface area contributed by atoms with Gasteiger partial charge in [-0.1, -0.05) is 6.92 Å². The molecule has 1 aromatic carbocycles. The molecule has 1 saturated heterocycles. The molecule has 1 aromatic rings. The van der Waals surface area contributed by atoms with Crippen molar-refractivity contribution in [2.75, 3.05) is 6.54 Å². The van der Waals surface area contributed by atoms with Crippen LogP contribution in [0, 0.1) is 10.1 Å². The topological polar surface area (TPSA) is 63.5 Å². The molecule has 0 radical (unpaired) electrons. The van der Waals surface area contributed by atoms with E-state index in [1.54, 1.807) is 24.3 Å². The molecule has 112 valence electrons. The third-order valence-corrected chi connectivity index (χ3v) is 3.90. The van der Waals surface area contributed by atoms with E-state index in [9.17, 15) is 14.9 Å². The highest BCUT2D eigenvalue weighted by Crippen LogP contribution is 2.20. The van der Waals surface area contributed by atoms with Crippen LogP contribution in [0.15, 0.2) is 30.3 Å². The fourth-order valence-corrected chi connectivity index (χ4v) is 2.69. The number of carbonyl (C=O) groups is 1. The summed E-state index contributed by atoms with van der Waals surface area (Å²) in [4.78, 5) is 24.3. The van der Waals surface area contributed by atoms with E-state index in [4.69, 9.17) is 0 Å². The van der Waals surface area contributed by atoms with Gasteiger partial charge in [-0.25, -0.2) is 0 Å². The number of rotatable bonds is 4. The van der Waals surface area contributed by atoms with Crippen LogP contribution in [0.25, 0.3) is 6.08 Å². The largest absolute Gasteiger partial charge is 0.336 e. The first-order valence-electron chi connectivity index (χ1n) is 7.35. The first kappa shape index (κ1) is 15.2. The second kappa shape index (κ2) is 7.02. The number of hydrogen-bond acceptors (Lipinski definition) is 3. The monoisotopic (exact) mass is 288 g/mol. The number of carbonyl (C=O) groups excluding carboxylic acids is 1. The van der Waals surface area contributed by atoms with Crippen LogP contribution in [0.5, 0.6) is 0 Å². The summed E-state index contributed by atoms with van der Waals surface area (Å²) in [6.45, 7) is 2.93. The number of nitro groups is 1. The minimum atomic E-state index is -0.432. The lowest BCUT2D eigenvalue weighted by Crippen LogP contribution is -2.42. The minimum Gasteiger partial charge on any atom is -0.336 e. The Labute approximate surface area is 124 Å². The Morgan fingerprint density at radius 1 is 1.38 bits per heavy atom. The number of piperidine rings is 1. The van der Waals surface area contributed by atoms with Gasteiger partial charge in [0.1, 0.15) is 0 Å². The molecule has 0 spiro atoms. The van der Waals surface area contributed by atoms with E-state index in [0.717, 1.165) is 31.4 Å². The molecule has 0 bridgehead atoms. The zero-order chi connectivity index (χ0) is 15.2. The van der Waals surface area contributed by atoms with Crippen molar-refractivity contribution in [3.8, 4) is 0 Å². The zero-order valence-electron chi connectivity index (χ0n) is 12.2. The molecule has 21 heavy (non-hydrogen) atoms. The SMILES string of the molecule is CCC1CCCCN1C(=O)/C=C/c1ccc([N+](=O)[O-])cc1. The third kappa shape index (κ3) is 3.90. The number of nitrogens with zero attached hydrogens (tertiary/aromatic N) is 2. The summed E-state index contributed by atoms with van der Waals surface area (Å²) < 4.78 is 0. The zero-order valence-corrected chi connectivity index (χ0v) is 12.2. The Bertz CT molecular complexity index is 537. The van der Waals surface area contributed by atoms with Crippen molar-refractivity contribution >= 4 is 17.7 Å². The maximum Gasteiger partial charge on any atom is 0.269 e. The second-order valence-electron chi connectivity index (χ2n) is 5.27. The number of nitro benzene ring substituents is 1. The molecule has 2 rings (SSSR count). The summed E-state index contributed by atoms with van der Waals surface area (Å²) in [6, 6.07) is 6.53. The van der Waals surface area contributed by atoms with Crippen molar-refractivity contribution in [1.29, 1.82) is 0 Å². The highest BCUT2D eigenvalue weighted by molar-refractivity contribution is 5.92. The van der Waals surface area contributed by atoms with E-state index in [1.165, 1.54) is 18.6 Å². The highest BCUT2D eigenvalue weighted by Gasteiger charge is 2.23. The van der Waals surface area contributed by atoms with Crippen LogP contribution in [0.2, 0.25) is 0 Å². The number of benzene rings is 1. The molecular formula is C16H20N2O3. The molecule has 0 aromatic heterocycles. The van der Waals surface area contributed by atoms with Crippen LogP contribution < -0.4 is 0 Å². The predicted molar refractivity (Wildman–Crippen MR) is 81.8 cm³/mol. The van der Waals surface area contributed by atoms with Gasteiger partial charge in [0.05, 0.1) is 4.92 Å². The van der Waals surface area contributed by atoms with Crippen molar-refractivity contribution < 1.29 is 9.72 Å². The molecule has 1 amide bonds. The summed E-state index contributed by atoms with van der Waals surface area (Å²) >= 11 is 0.